The van der Waals surface area contributed by atoms with E-state index in [0.29, 0.717) is 6.42 Å². The van der Waals surface area contributed by atoms with Crippen molar-refractivity contribution >= 4 is 0 Å². The highest BCUT2D eigenvalue weighted by atomic mass is 19.4. The molecule has 0 aromatic rings. The molecule has 4 bridgehead atoms. The van der Waals surface area contributed by atoms with Crippen LogP contribution in [0.15, 0.2) is 12.2 Å². The van der Waals surface area contributed by atoms with E-state index in [1.807, 2.05) is 0 Å². The molecule has 0 radical (unpaired) electrons. The fourth-order valence-electron chi connectivity index (χ4n) is 5.27. The van der Waals surface area contributed by atoms with Crippen LogP contribution in [0.1, 0.15) is 6.42 Å². The van der Waals surface area contributed by atoms with Gasteiger partial charge < -0.3 is 5.11 Å². The van der Waals surface area contributed by atoms with Crippen LogP contribution in [0.3, 0.4) is 0 Å². The largest absolute Gasteiger partial charge is 0.426 e. The number of hydrogen-bond acceptors (Lipinski definition) is 1. The Morgan fingerprint density at radius 2 is 1.61 bits per heavy atom. The predicted molar refractivity (Wildman–Crippen MR) is 46.2 cm³/mol. The van der Waals surface area contributed by atoms with Gasteiger partial charge in [0.1, 0.15) is 0 Å². The van der Waals surface area contributed by atoms with Crippen molar-refractivity contribution in [2.75, 3.05) is 0 Å². The highest BCUT2D eigenvalue weighted by Crippen LogP contribution is 3.07. The molecule has 5 rings (SSSR count). The molecule has 5 aliphatic rings. The number of rotatable bonds is 1. The SMILES string of the molecule is OC(C(F)(F)F)(C(F)(F)F)C12C3CC4C=CC31C42. The third-order valence-electron chi connectivity index (χ3n) is 5.66. The molecule has 1 spiro atoms. The van der Waals surface area contributed by atoms with E-state index in [4.69, 9.17) is 0 Å². The molecular weight excluding hydrogens is 262 g/mol. The highest BCUT2D eigenvalue weighted by molar-refractivity contribution is 5.61. The zero-order chi connectivity index (χ0) is 13.4. The predicted octanol–water partition coefficient (Wildman–Crippen LogP) is 2.66. The Kier molecular flexibility index (Phi) is 1.38. The number of aliphatic hydroxyl groups is 1. The molecule has 4 fully saturated rings. The summed E-state index contributed by atoms with van der Waals surface area (Å²) in [4.78, 5) is 0. The van der Waals surface area contributed by atoms with Gasteiger partial charge in [-0.2, -0.15) is 26.3 Å². The van der Waals surface area contributed by atoms with Crippen molar-refractivity contribution < 1.29 is 31.4 Å². The zero-order valence-corrected chi connectivity index (χ0v) is 8.81. The molecule has 0 aliphatic heterocycles. The Labute approximate surface area is 97.5 Å². The lowest BCUT2D eigenvalue weighted by molar-refractivity contribution is -0.386. The Morgan fingerprint density at radius 1 is 1.06 bits per heavy atom. The van der Waals surface area contributed by atoms with E-state index in [-0.39, 0.29) is 5.92 Å². The van der Waals surface area contributed by atoms with Gasteiger partial charge in [0.2, 0.25) is 0 Å². The minimum Gasteiger partial charge on any atom is -0.373 e. The fraction of sp³-hybridized carbons (Fsp3) is 0.818. The van der Waals surface area contributed by atoms with Gasteiger partial charge >= 0.3 is 12.4 Å². The minimum atomic E-state index is -5.68. The van der Waals surface area contributed by atoms with Gasteiger partial charge in [0.25, 0.3) is 5.60 Å². The van der Waals surface area contributed by atoms with Crippen LogP contribution in [0.5, 0.6) is 0 Å². The first-order chi connectivity index (χ1) is 8.07. The van der Waals surface area contributed by atoms with Crippen LogP contribution >= 0.6 is 0 Å². The Morgan fingerprint density at radius 3 is 1.89 bits per heavy atom. The van der Waals surface area contributed by atoms with E-state index >= 15 is 0 Å². The van der Waals surface area contributed by atoms with Crippen LogP contribution in [-0.2, 0) is 0 Å². The van der Waals surface area contributed by atoms with Crippen molar-refractivity contribution in [2.24, 2.45) is 28.6 Å². The molecule has 5 unspecified atom stereocenters. The second-order valence-electron chi connectivity index (χ2n) is 5.80. The number of allylic oxidation sites excluding steroid dienone is 2. The van der Waals surface area contributed by atoms with Crippen LogP contribution in [0.25, 0.3) is 0 Å². The lowest BCUT2D eigenvalue weighted by Crippen LogP contribution is -2.61. The normalized spacial score (nSPS) is 51.6. The van der Waals surface area contributed by atoms with Crippen molar-refractivity contribution in [1.82, 2.24) is 0 Å². The molecule has 0 aromatic carbocycles. The highest BCUT2D eigenvalue weighted by Gasteiger charge is 3.11. The second kappa shape index (κ2) is 2.23. The summed E-state index contributed by atoms with van der Waals surface area (Å²) in [6, 6.07) is 0. The molecular formula is C11H8F6O. The van der Waals surface area contributed by atoms with Gasteiger partial charge in [-0.15, -0.1) is 0 Å². The smallest absolute Gasteiger partial charge is 0.373 e. The molecule has 0 amide bonds. The molecule has 4 saturated carbocycles. The first kappa shape index (κ1) is 11.1. The summed E-state index contributed by atoms with van der Waals surface area (Å²) in [5.74, 6) is -1.53. The van der Waals surface area contributed by atoms with E-state index in [9.17, 15) is 31.4 Å². The molecule has 1 nitrogen and oxygen atoms in total. The van der Waals surface area contributed by atoms with Crippen molar-refractivity contribution in [3.8, 4) is 0 Å². The number of hydrogen-bond donors (Lipinski definition) is 1. The van der Waals surface area contributed by atoms with Crippen molar-refractivity contribution in [3.05, 3.63) is 12.2 Å². The lowest BCUT2D eigenvalue weighted by Gasteiger charge is -2.36. The summed E-state index contributed by atoms with van der Waals surface area (Å²) in [6.07, 6.45) is -7.85. The van der Waals surface area contributed by atoms with Gasteiger partial charge in [0, 0.05) is 10.8 Å². The summed E-state index contributed by atoms with van der Waals surface area (Å²) in [5, 5.41) is 9.54. The summed E-state index contributed by atoms with van der Waals surface area (Å²) >= 11 is 0. The summed E-state index contributed by atoms with van der Waals surface area (Å²) < 4.78 is 77.2. The molecule has 7 heteroatoms. The van der Waals surface area contributed by atoms with Gasteiger partial charge in [0.05, 0.1) is 0 Å². The molecule has 0 aromatic heterocycles. The topological polar surface area (TPSA) is 20.2 Å². The maximum atomic E-state index is 12.9. The number of halogens is 6. The third-order valence-corrected chi connectivity index (χ3v) is 5.66. The average molecular weight is 270 g/mol. The molecule has 100 valence electrons. The summed E-state index contributed by atoms with van der Waals surface area (Å²) in [7, 11) is 0. The molecule has 1 N–H and O–H groups in total. The summed E-state index contributed by atoms with van der Waals surface area (Å²) in [5.41, 5.74) is -7.59. The Bertz CT molecular complexity index is 477. The molecule has 0 saturated heterocycles. The van der Waals surface area contributed by atoms with Crippen molar-refractivity contribution in [3.63, 3.8) is 0 Å². The van der Waals surface area contributed by atoms with Crippen LogP contribution < -0.4 is 0 Å². The van der Waals surface area contributed by atoms with Crippen LogP contribution in [0.2, 0.25) is 0 Å². The van der Waals surface area contributed by atoms with Gasteiger partial charge in [0.15, 0.2) is 0 Å². The monoisotopic (exact) mass is 270 g/mol. The van der Waals surface area contributed by atoms with Gasteiger partial charge in [-0.05, 0) is 24.2 Å². The second-order valence-corrected chi connectivity index (χ2v) is 5.80. The molecule has 5 atom stereocenters. The zero-order valence-electron chi connectivity index (χ0n) is 8.81. The van der Waals surface area contributed by atoms with E-state index in [2.05, 4.69) is 0 Å². The van der Waals surface area contributed by atoms with Crippen LogP contribution in [0, 0.1) is 28.6 Å². The van der Waals surface area contributed by atoms with E-state index in [0.717, 1.165) is 0 Å². The maximum absolute atomic E-state index is 12.9. The summed E-state index contributed by atoms with van der Waals surface area (Å²) in [6.45, 7) is 0. The minimum absolute atomic E-state index is 0.216. The maximum Gasteiger partial charge on any atom is 0.426 e. The van der Waals surface area contributed by atoms with E-state index in [1.54, 1.807) is 6.08 Å². The number of alkyl halides is 6. The van der Waals surface area contributed by atoms with Gasteiger partial charge in [-0.3, -0.25) is 0 Å². The quantitative estimate of drug-likeness (QED) is 0.573. The van der Waals surface area contributed by atoms with Gasteiger partial charge in [-0.25, -0.2) is 0 Å². The first-order valence-electron chi connectivity index (χ1n) is 5.62. The standard InChI is InChI=1S/C11H8F6O/c12-10(13,14)9(18,11(15,16)17)8-5-3-4-1-2-7(5,8)6(4)8/h1-2,4-6,18H,3H2. The van der Waals surface area contributed by atoms with E-state index < -0.39 is 40.6 Å². The van der Waals surface area contributed by atoms with Crippen LogP contribution in [0.4, 0.5) is 26.3 Å². The third kappa shape index (κ3) is 0.649. The van der Waals surface area contributed by atoms with E-state index in [1.165, 1.54) is 6.08 Å². The average Bonchev–Trinajstić information content (AvgIpc) is 2.72. The molecule has 18 heavy (non-hydrogen) atoms. The Hall–Kier alpha value is -0.720. The van der Waals surface area contributed by atoms with Crippen LogP contribution in [-0.4, -0.2) is 23.1 Å². The van der Waals surface area contributed by atoms with Gasteiger partial charge in [-0.1, -0.05) is 12.2 Å². The molecule has 5 aliphatic carbocycles. The fourth-order valence-corrected chi connectivity index (χ4v) is 5.27. The Balaban J connectivity index is 1.88. The molecule has 0 heterocycles. The van der Waals surface area contributed by atoms with Crippen molar-refractivity contribution in [1.29, 1.82) is 0 Å². The lowest BCUT2D eigenvalue weighted by atomic mass is 9.84. The van der Waals surface area contributed by atoms with Crippen molar-refractivity contribution in [2.45, 2.75) is 24.4 Å². The first-order valence-corrected chi connectivity index (χ1v) is 5.62.